The molecule has 0 aromatic heterocycles. The second kappa shape index (κ2) is 8.95. The maximum absolute atomic E-state index is 12.5. The highest BCUT2D eigenvalue weighted by Gasteiger charge is 2.25. The highest BCUT2D eigenvalue weighted by atomic mass is 16.5. The van der Waals surface area contributed by atoms with Crippen LogP contribution in [0.2, 0.25) is 0 Å². The summed E-state index contributed by atoms with van der Waals surface area (Å²) in [5.74, 6) is 1.06. The Hall–Kier alpha value is -2.08. The smallest absolute Gasteiger partial charge is 0.260 e. The van der Waals surface area contributed by atoms with Gasteiger partial charge in [0.25, 0.3) is 5.91 Å². The van der Waals surface area contributed by atoms with Crippen molar-refractivity contribution < 1.29 is 14.3 Å². The van der Waals surface area contributed by atoms with E-state index in [0.717, 1.165) is 57.6 Å². The molecule has 0 atom stereocenters. The summed E-state index contributed by atoms with van der Waals surface area (Å²) >= 11 is 0. The molecule has 1 aromatic rings. The van der Waals surface area contributed by atoms with E-state index in [1.165, 1.54) is 24.0 Å². The highest BCUT2D eigenvalue weighted by molar-refractivity contribution is 5.79. The van der Waals surface area contributed by atoms with E-state index in [2.05, 4.69) is 17.0 Å². The van der Waals surface area contributed by atoms with Crippen molar-refractivity contribution in [1.29, 1.82) is 0 Å². The molecule has 0 N–H and O–H groups in total. The van der Waals surface area contributed by atoms with Crippen molar-refractivity contribution >= 4 is 11.8 Å². The van der Waals surface area contributed by atoms with E-state index in [0.29, 0.717) is 19.6 Å². The Kier molecular flexibility index (Phi) is 6.15. The lowest BCUT2D eigenvalue weighted by Gasteiger charge is -2.36. The van der Waals surface area contributed by atoms with Crippen LogP contribution in [0.25, 0.3) is 0 Å². The lowest BCUT2D eigenvalue weighted by molar-refractivity contribution is -0.136. The zero-order valence-corrected chi connectivity index (χ0v) is 16.7. The van der Waals surface area contributed by atoms with Gasteiger partial charge in [0.2, 0.25) is 5.91 Å². The minimum absolute atomic E-state index is 0.0301. The Bertz CT molecular complexity index is 707. The minimum atomic E-state index is 0.0301. The molecule has 0 unspecified atom stereocenters. The van der Waals surface area contributed by atoms with Gasteiger partial charge in [0.15, 0.2) is 6.61 Å². The second-order valence-electron chi connectivity index (χ2n) is 8.17. The van der Waals surface area contributed by atoms with Crippen LogP contribution in [0, 0.1) is 0 Å². The first-order chi connectivity index (χ1) is 13.7. The first kappa shape index (κ1) is 19.2. The van der Waals surface area contributed by atoms with Crippen LogP contribution in [-0.2, 0) is 22.4 Å². The summed E-state index contributed by atoms with van der Waals surface area (Å²) in [5.41, 5.74) is 2.77. The molecule has 28 heavy (non-hydrogen) atoms. The summed E-state index contributed by atoms with van der Waals surface area (Å²) in [6, 6.07) is 6.18. The molecule has 2 amide bonds. The topological polar surface area (TPSA) is 53.1 Å². The maximum atomic E-state index is 12.5. The fraction of sp³-hybridized carbons (Fsp3) is 0.636. The number of hydrogen-bond donors (Lipinski definition) is 0. The third-order valence-corrected chi connectivity index (χ3v) is 6.22. The molecule has 0 bridgehead atoms. The normalized spacial score (nSPS) is 20.1. The summed E-state index contributed by atoms with van der Waals surface area (Å²) in [7, 11) is 0. The van der Waals surface area contributed by atoms with E-state index < -0.39 is 0 Å². The van der Waals surface area contributed by atoms with Crippen molar-refractivity contribution in [2.75, 3.05) is 52.4 Å². The number of piperazine rings is 1. The first-order valence-electron chi connectivity index (χ1n) is 10.7. The van der Waals surface area contributed by atoms with Crippen LogP contribution in [0.15, 0.2) is 18.2 Å². The molecule has 4 rings (SSSR count). The van der Waals surface area contributed by atoms with E-state index >= 15 is 0 Å². The molecule has 0 saturated carbocycles. The van der Waals surface area contributed by atoms with Crippen molar-refractivity contribution in [3.63, 3.8) is 0 Å². The van der Waals surface area contributed by atoms with Gasteiger partial charge in [-0.25, -0.2) is 0 Å². The molecule has 2 fully saturated rings. The number of rotatable bonds is 5. The van der Waals surface area contributed by atoms with Crippen LogP contribution in [-0.4, -0.2) is 78.9 Å². The van der Waals surface area contributed by atoms with Crippen LogP contribution < -0.4 is 4.74 Å². The summed E-state index contributed by atoms with van der Waals surface area (Å²) in [4.78, 5) is 30.9. The number of aryl methyl sites for hydroxylation is 2. The predicted octanol–water partition coefficient (Wildman–Crippen LogP) is 1.71. The summed E-state index contributed by atoms with van der Waals surface area (Å²) in [5, 5.41) is 0. The van der Waals surface area contributed by atoms with Gasteiger partial charge in [-0.1, -0.05) is 6.07 Å². The van der Waals surface area contributed by atoms with Crippen LogP contribution >= 0.6 is 0 Å². The Balaban J connectivity index is 1.19. The van der Waals surface area contributed by atoms with E-state index in [-0.39, 0.29) is 18.4 Å². The Labute approximate surface area is 167 Å². The molecule has 0 radical (unpaired) electrons. The summed E-state index contributed by atoms with van der Waals surface area (Å²) in [6.45, 7) is 5.21. The number of piperidine rings is 1. The van der Waals surface area contributed by atoms with Crippen molar-refractivity contribution in [1.82, 2.24) is 14.7 Å². The van der Waals surface area contributed by atoms with E-state index in [9.17, 15) is 9.59 Å². The maximum Gasteiger partial charge on any atom is 0.260 e. The molecule has 2 saturated heterocycles. The molecule has 6 nitrogen and oxygen atoms in total. The van der Waals surface area contributed by atoms with Gasteiger partial charge in [-0.2, -0.15) is 0 Å². The second-order valence-corrected chi connectivity index (χ2v) is 8.17. The number of carbonyl (C=O) groups is 2. The van der Waals surface area contributed by atoms with E-state index in [1.807, 2.05) is 15.9 Å². The van der Waals surface area contributed by atoms with Gasteiger partial charge in [-0.05, 0) is 61.8 Å². The fourth-order valence-corrected chi connectivity index (χ4v) is 4.46. The lowest BCUT2D eigenvalue weighted by Crippen LogP contribution is -2.52. The number of hydrogen-bond acceptors (Lipinski definition) is 4. The van der Waals surface area contributed by atoms with Crippen molar-refractivity contribution in [3.8, 4) is 5.75 Å². The molecule has 152 valence electrons. The molecular weight excluding hydrogens is 354 g/mol. The van der Waals surface area contributed by atoms with Gasteiger partial charge in [0, 0.05) is 39.3 Å². The van der Waals surface area contributed by atoms with Crippen molar-refractivity contribution in [2.45, 2.75) is 38.5 Å². The number of ether oxygens (including phenoxy) is 1. The number of fused-ring (bicyclic) bond motifs is 1. The largest absolute Gasteiger partial charge is 0.484 e. The average Bonchev–Trinajstić information content (AvgIpc) is 3.21. The number of benzene rings is 1. The van der Waals surface area contributed by atoms with Gasteiger partial charge in [-0.3, -0.25) is 14.5 Å². The number of amides is 2. The van der Waals surface area contributed by atoms with Gasteiger partial charge in [0.05, 0.1) is 6.54 Å². The zero-order chi connectivity index (χ0) is 19.3. The third-order valence-electron chi connectivity index (χ3n) is 6.22. The van der Waals surface area contributed by atoms with Crippen LogP contribution in [0.5, 0.6) is 5.75 Å². The Morgan fingerprint density at radius 2 is 1.50 bits per heavy atom. The van der Waals surface area contributed by atoms with E-state index in [4.69, 9.17) is 4.74 Å². The minimum Gasteiger partial charge on any atom is -0.484 e. The van der Waals surface area contributed by atoms with Crippen LogP contribution in [0.3, 0.4) is 0 Å². The SMILES string of the molecule is O=C(COc1ccc2c(c1)CCC2)N1CCN(CC(=O)N2CCCCC2)CC1. The van der Waals surface area contributed by atoms with Gasteiger partial charge >= 0.3 is 0 Å². The first-order valence-corrected chi connectivity index (χ1v) is 10.7. The standard InChI is InChI=1S/C22H31N3O3/c26-21(24-9-2-1-3-10-24)16-23-11-13-25(14-12-23)22(27)17-28-20-8-7-18-5-4-6-19(18)15-20/h7-8,15H,1-6,9-14,16-17H2. The average molecular weight is 386 g/mol. The van der Waals surface area contributed by atoms with Gasteiger partial charge in [0.1, 0.15) is 5.75 Å². The van der Waals surface area contributed by atoms with Crippen LogP contribution in [0.4, 0.5) is 0 Å². The Morgan fingerprint density at radius 3 is 2.29 bits per heavy atom. The Morgan fingerprint density at radius 1 is 0.786 bits per heavy atom. The van der Waals surface area contributed by atoms with Crippen LogP contribution in [0.1, 0.15) is 36.8 Å². The number of carbonyl (C=O) groups excluding carboxylic acids is 2. The van der Waals surface area contributed by atoms with E-state index in [1.54, 1.807) is 0 Å². The molecule has 6 heteroatoms. The molecular formula is C22H31N3O3. The summed E-state index contributed by atoms with van der Waals surface area (Å²) < 4.78 is 5.75. The number of nitrogens with zero attached hydrogens (tertiary/aromatic N) is 3. The highest BCUT2D eigenvalue weighted by Crippen LogP contribution is 2.26. The lowest BCUT2D eigenvalue weighted by atomic mass is 10.1. The monoisotopic (exact) mass is 385 g/mol. The quantitative estimate of drug-likeness (QED) is 0.774. The van der Waals surface area contributed by atoms with Gasteiger partial charge < -0.3 is 14.5 Å². The fourth-order valence-electron chi connectivity index (χ4n) is 4.46. The zero-order valence-electron chi connectivity index (χ0n) is 16.7. The molecule has 2 heterocycles. The molecule has 1 aromatic carbocycles. The van der Waals surface area contributed by atoms with Crippen molar-refractivity contribution in [3.05, 3.63) is 29.3 Å². The van der Waals surface area contributed by atoms with Crippen molar-refractivity contribution in [2.24, 2.45) is 0 Å². The summed E-state index contributed by atoms with van der Waals surface area (Å²) in [6.07, 6.45) is 6.95. The molecule has 2 aliphatic heterocycles. The molecule has 1 aliphatic carbocycles. The molecule has 0 spiro atoms. The third kappa shape index (κ3) is 4.66. The molecule has 3 aliphatic rings. The van der Waals surface area contributed by atoms with Gasteiger partial charge in [-0.15, -0.1) is 0 Å². The number of likely N-dealkylation sites (tertiary alicyclic amines) is 1. The predicted molar refractivity (Wildman–Crippen MR) is 107 cm³/mol.